The Bertz CT molecular complexity index is 792. The lowest BCUT2D eigenvalue weighted by Gasteiger charge is -2.41. The lowest BCUT2D eigenvalue weighted by Crippen LogP contribution is -2.45. The number of carbonyl (C=O) groups is 1. The fraction of sp³-hybridized carbons (Fsp3) is 0.571. The van der Waals surface area contributed by atoms with Crippen LogP contribution in [0.25, 0.3) is 11.5 Å². The summed E-state index contributed by atoms with van der Waals surface area (Å²) >= 11 is 1.32. The highest BCUT2D eigenvalue weighted by Crippen LogP contribution is 2.36. The molecule has 2 aromatic rings. The van der Waals surface area contributed by atoms with Crippen molar-refractivity contribution in [2.24, 2.45) is 11.8 Å². The van der Waals surface area contributed by atoms with Crippen molar-refractivity contribution in [1.29, 1.82) is 0 Å². The maximum absolute atomic E-state index is 12.6. The molecule has 1 aromatic carbocycles. The van der Waals surface area contributed by atoms with Gasteiger partial charge in [0.1, 0.15) is 5.75 Å². The van der Waals surface area contributed by atoms with Crippen LogP contribution in [0.1, 0.15) is 39.0 Å². The van der Waals surface area contributed by atoms with E-state index in [1.54, 1.807) is 0 Å². The van der Waals surface area contributed by atoms with Gasteiger partial charge in [0.2, 0.25) is 11.8 Å². The number of amides is 1. The highest BCUT2D eigenvalue weighted by Gasteiger charge is 2.32. The third-order valence-electron chi connectivity index (χ3n) is 5.78. The lowest BCUT2D eigenvalue weighted by atomic mass is 9.75. The van der Waals surface area contributed by atoms with Crippen LogP contribution in [0, 0.1) is 11.8 Å². The summed E-state index contributed by atoms with van der Waals surface area (Å²) in [5.74, 6) is 3.33. The Balaban J connectivity index is 1.30. The largest absolute Gasteiger partial charge is 0.494 e. The molecular formula is C21H27N3O3S. The van der Waals surface area contributed by atoms with Gasteiger partial charge in [-0.1, -0.05) is 31.0 Å². The molecule has 4 rings (SSSR count). The van der Waals surface area contributed by atoms with Gasteiger partial charge in [0.05, 0.1) is 12.4 Å². The van der Waals surface area contributed by atoms with Crippen molar-refractivity contribution in [3.63, 3.8) is 0 Å². The molecule has 2 fully saturated rings. The van der Waals surface area contributed by atoms with Gasteiger partial charge in [-0.2, -0.15) is 0 Å². The molecule has 1 aliphatic heterocycles. The molecule has 1 amide bonds. The normalized spacial score (nSPS) is 22.0. The zero-order valence-corrected chi connectivity index (χ0v) is 17.1. The molecule has 2 heterocycles. The van der Waals surface area contributed by atoms with E-state index in [9.17, 15) is 4.79 Å². The van der Waals surface area contributed by atoms with Crippen LogP contribution >= 0.6 is 11.8 Å². The minimum Gasteiger partial charge on any atom is -0.494 e. The standard InChI is InChI=1S/C21H27N3O3S/c1-2-26-18-9-7-16(8-10-18)20-22-23-21(27-20)28-14-19(25)24-12-11-15-5-3-4-6-17(15)13-24/h7-10,15,17H,2-6,11-14H2,1H3/t15-,17-/m1/s1. The zero-order valence-electron chi connectivity index (χ0n) is 16.3. The lowest BCUT2D eigenvalue weighted by molar-refractivity contribution is -0.131. The Morgan fingerprint density at radius 3 is 2.75 bits per heavy atom. The first kappa shape index (κ1) is 19.3. The number of likely N-dealkylation sites (tertiary alicyclic amines) is 1. The Labute approximate surface area is 170 Å². The van der Waals surface area contributed by atoms with Crippen LogP contribution in [0.4, 0.5) is 0 Å². The van der Waals surface area contributed by atoms with Gasteiger partial charge >= 0.3 is 0 Å². The summed E-state index contributed by atoms with van der Waals surface area (Å²) in [6.07, 6.45) is 6.45. The number of hydrogen-bond donors (Lipinski definition) is 0. The fourth-order valence-electron chi connectivity index (χ4n) is 4.29. The van der Waals surface area contributed by atoms with Crippen LogP contribution in [-0.4, -0.2) is 46.5 Å². The molecule has 28 heavy (non-hydrogen) atoms. The average Bonchev–Trinajstić information content (AvgIpc) is 3.21. The summed E-state index contributed by atoms with van der Waals surface area (Å²) in [4.78, 5) is 14.7. The van der Waals surface area contributed by atoms with Crippen molar-refractivity contribution in [2.75, 3.05) is 25.4 Å². The molecule has 6 nitrogen and oxygen atoms in total. The molecule has 1 aromatic heterocycles. The van der Waals surface area contributed by atoms with E-state index in [1.807, 2.05) is 36.1 Å². The van der Waals surface area contributed by atoms with E-state index in [2.05, 4.69) is 10.2 Å². The van der Waals surface area contributed by atoms with Gasteiger partial charge in [0.25, 0.3) is 5.22 Å². The van der Waals surface area contributed by atoms with Crippen LogP contribution in [-0.2, 0) is 4.79 Å². The third kappa shape index (κ3) is 4.51. The predicted molar refractivity (Wildman–Crippen MR) is 108 cm³/mol. The van der Waals surface area contributed by atoms with Gasteiger partial charge < -0.3 is 14.1 Å². The number of nitrogens with zero attached hydrogens (tertiary/aromatic N) is 3. The van der Waals surface area contributed by atoms with Gasteiger partial charge in [-0.05, 0) is 55.9 Å². The van der Waals surface area contributed by atoms with Gasteiger partial charge in [-0.25, -0.2) is 0 Å². The van der Waals surface area contributed by atoms with Crippen LogP contribution in [0.15, 0.2) is 33.9 Å². The van der Waals surface area contributed by atoms with Crippen molar-refractivity contribution in [2.45, 2.75) is 44.3 Å². The van der Waals surface area contributed by atoms with Crippen molar-refractivity contribution in [3.05, 3.63) is 24.3 Å². The van der Waals surface area contributed by atoms with Crippen LogP contribution in [0.5, 0.6) is 5.75 Å². The quantitative estimate of drug-likeness (QED) is 0.674. The van der Waals surface area contributed by atoms with Crippen LogP contribution < -0.4 is 4.74 Å². The van der Waals surface area contributed by atoms with Crippen LogP contribution in [0.2, 0.25) is 0 Å². The van der Waals surface area contributed by atoms with Gasteiger partial charge in [0, 0.05) is 18.7 Å². The Hall–Kier alpha value is -2.02. The van der Waals surface area contributed by atoms with Gasteiger partial charge in [-0.3, -0.25) is 4.79 Å². The SMILES string of the molecule is CCOc1ccc(-c2nnc(SCC(=O)N3CC[C@H]4CCCC[C@@H]4C3)o2)cc1. The molecular weight excluding hydrogens is 374 g/mol. The molecule has 0 unspecified atom stereocenters. The monoisotopic (exact) mass is 401 g/mol. The topological polar surface area (TPSA) is 68.5 Å². The number of fused-ring (bicyclic) bond motifs is 1. The van der Waals surface area contributed by atoms with E-state index in [-0.39, 0.29) is 5.91 Å². The number of aromatic nitrogens is 2. The minimum atomic E-state index is 0.176. The highest BCUT2D eigenvalue weighted by atomic mass is 32.2. The number of hydrogen-bond acceptors (Lipinski definition) is 6. The first-order valence-corrected chi connectivity index (χ1v) is 11.2. The van der Waals surface area contributed by atoms with Crippen molar-refractivity contribution < 1.29 is 13.9 Å². The number of benzene rings is 1. The van der Waals surface area contributed by atoms with Crippen LogP contribution in [0.3, 0.4) is 0 Å². The van der Waals surface area contributed by atoms with E-state index in [1.165, 1.54) is 37.4 Å². The summed E-state index contributed by atoms with van der Waals surface area (Å²) in [5.41, 5.74) is 0.841. The summed E-state index contributed by atoms with van der Waals surface area (Å²) in [5, 5.41) is 8.62. The van der Waals surface area contributed by atoms with E-state index >= 15 is 0 Å². The van der Waals surface area contributed by atoms with Crippen molar-refractivity contribution in [3.8, 4) is 17.2 Å². The highest BCUT2D eigenvalue weighted by molar-refractivity contribution is 7.99. The number of carbonyl (C=O) groups excluding carboxylic acids is 1. The first-order chi connectivity index (χ1) is 13.7. The minimum absolute atomic E-state index is 0.176. The van der Waals surface area contributed by atoms with E-state index in [4.69, 9.17) is 9.15 Å². The molecule has 0 spiro atoms. The van der Waals surface area contributed by atoms with Gasteiger partial charge in [-0.15, -0.1) is 10.2 Å². The summed E-state index contributed by atoms with van der Waals surface area (Å²) < 4.78 is 11.2. The maximum Gasteiger partial charge on any atom is 0.277 e. The van der Waals surface area contributed by atoms with Gasteiger partial charge in [0.15, 0.2) is 0 Å². The average molecular weight is 402 g/mol. The Kier molecular flexibility index (Phi) is 6.20. The molecule has 0 N–H and O–H groups in total. The second-order valence-electron chi connectivity index (χ2n) is 7.55. The second kappa shape index (κ2) is 8.99. The fourth-order valence-corrected chi connectivity index (χ4v) is 4.95. The summed E-state index contributed by atoms with van der Waals surface area (Å²) in [7, 11) is 0. The zero-order chi connectivity index (χ0) is 19.3. The first-order valence-electron chi connectivity index (χ1n) is 10.2. The summed E-state index contributed by atoms with van der Waals surface area (Å²) in [6, 6.07) is 7.56. The molecule has 150 valence electrons. The molecule has 1 saturated heterocycles. The molecule has 1 saturated carbocycles. The number of piperidine rings is 1. The molecule has 1 aliphatic carbocycles. The number of rotatable bonds is 6. The Morgan fingerprint density at radius 1 is 1.18 bits per heavy atom. The van der Waals surface area contributed by atoms with E-state index < -0.39 is 0 Å². The third-order valence-corrected chi connectivity index (χ3v) is 6.58. The Morgan fingerprint density at radius 2 is 1.96 bits per heavy atom. The summed E-state index contributed by atoms with van der Waals surface area (Å²) in [6.45, 7) is 4.40. The molecule has 0 radical (unpaired) electrons. The molecule has 2 aliphatic rings. The second-order valence-corrected chi connectivity index (χ2v) is 8.48. The van der Waals surface area contributed by atoms with E-state index in [0.29, 0.717) is 29.4 Å². The molecule has 2 atom stereocenters. The number of thioether (sulfide) groups is 1. The maximum atomic E-state index is 12.6. The molecule has 7 heteroatoms. The molecule has 0 bridgehead atoms. The predicted octanol–water partition coefficient (Wildman–Crippen LogP) is 4.27. The number of ether oxygens (including phenoxy) is 1. The van der Waals surface area contributed by atoms with Crippen molar-refractivity contribution in [1.82, 2.24) is 15.1 Å². The van der Waals surface area contributed by atoms with E-state index in [0.717, 1.165) is 36.7 Å². The smallest absolute Gasteiger partial charge is 0.277 e. The van der Waals surface area contributed by atoms with Crippen molar-refractivity contribution >= 4 is 17.7 Å².